The molecule has 0 spiro atoms. The van der Waals surface area contributed by atoms with Crippen LogP contribution in [-0.2, 0) is 0 Å². The molecule has 2 nitrogen and oxygen atoms in total. The van der Waals surface area contributed by atoms with Gasteiger partial charge in [-0.25, -0.2) is 0 Å². The minimum Gasteiger partial charge on any atom is -0.395 e. The molecule has 0 saturated heterocycles. The maximum Gasteiger partial charge on any atom is 0.0586 e. The highest BCUT2D eigenvalue weighted by Gasteiger charge is 2.13. The molecular weight excluding hydrogens is 162 g/mol. The summed E-state index contributed by atoms with van der Waals surface area (Å²) in [6.07, 6.45) is 4.77. The lowest BCUT2D eigenvalue weighted by Crippen LogP contribution is -2.38. The maximum atomic E-state index is 9.24. The number of hydrogen-bond acceptors (Lipinski definition) is 2. The molecule has 13 heavy (non-hydrogen) atoms. The molecule has 0 aliphatic heterocycles. The molecule has 0 aromatic heterocycles. The molecule has 0 aliphatic carbocycles. The molecular formula is C11H25NO. The van der Waals surface area contributed by atoms with Crippen LogP contribution in [0.3, 0.4) is 0 Å². The van der Waals surface area contributed by atoms with Crippen LogP contribution < -0.4 is 0 Å². The van der Waals surface area contributed by atoms with Crippen molar-refractivity contribution in [2.24, 2.45) is 0 Å². The zero-order chi connectivity index (χ0) is 10.1. The number of rotatable bonds is 8. The fraction of sp³-hybridized carbons (Fsp3) is 1.00. The van der Waals surface area contributed by atoms with Crippen molar-refractivity contribution in [3.05, 3.63) is 0 Å². The van der Waals surface area contributed by atoms with Gasteiger partial charge in [-0.2, -0.15) is 0 Å². The smallest absolute Gasteiger partial charge is 0.0586 e. The number of likely N-dealkylation sites (N-methyl/N-ethyl adjacent to an activating group) is 1. The molecule has 0 amide bonds. The Bertz CT molecular complexity index is 106. The normalized spacial score (nSPS) is 13.6. The van der Waals surface area contributed by atoms with E-state index in [9.17, 15) is 5.11 Å². The van der Waals surface area contributed by atoms with Gasteiger partial charge in [0.2, 0.25) is 0 Å². The van der Waals surface area contributed by atoms with Gasteiger partial charge in [0.1, 0.15) is 0 Å². The first-order valence-electron chi connectivity index (χ1n) is 5.64. The van der Waals surface area contributed by atoms with Crippen molar-refractivity contribution in [3.8, 4) is 0 Å². The minimum atomic E-state index is 0.313. The molecule has 0 heterocycles. The molecule has 80 valence electrons. The Morgan fingerprint density at radius 3 is 2.23 bits per heavy atom. The number of aliphatic hydroxyl groups excluding tert-OH is 1. The van der Waals surface area contributed by atoms with Gasteiger partial charge in [-0.15, -0.1) is 0 Å². The first-order chi connectivity index (χ1) is 6.29. The summed E-state index contributed by atoms with van der Waals surface area (Å²) in [4.78, 5) is 2.38. The monoisotopic (exact) mass is 187 g/mol. The molecule has 2 heteroatoms. The Hall–Kier alpha value is -0.0800. The van der Waals surface area contributed by atoms with Crippen molar-refractivity contribution in [2.45, 2.75) is 52.5 Å². The summed E-state index contributed by atoms with van der Waals surface area (Å²) in [7, 11) is 0. The fourth-order valence-corrected chi connectivity index (χ4v) is 1.72. The van der Waals surface area contributed by atoms with Crippen molar-refractivity contribution < 1.29 is 5.11 Å². The van der Waals surface area contributed by atoms with Crippen LogP contribution in [0.5, 0.6) is 0 Å². The quantitative estimate of drug-likeness (QED) is 0.630. The Balaban J connectivity index is 3.84. The third-order valence-electron chi connectivity index (χ3n) is 2.54. The average Bonchev–Trinajstić information content (AvgIpc) is 2.17. The van der Waals surface area contributed by atoms with E-state index in [1.807, 2.05) is 0 Å². The van der Waals surface area contributed by atoms with Gasteiger partial charge in [0.15, 0.2) is 0 Å². The van der Waals surface area contributed by atoms with E-state index < -0.39 is 0 Å². The SMILES string of the molecule is CCCCC(CO)N(CC)CCC. The predicted octanol–water partition coefficient (Wildman–Crippen LogP) is 2.27. The lowest BCUT2D eigenvalue weighted by molar-refractivity contribution is 0.119. The van der Waals surface area contributed by atoms with Crippen LogP contribution in [0.1, 0.15) is 46.5 Å². The number of nitrogens with zero attached hydrogens (tertiary/aromatic N) is 1. The molecule has 1 atom stereocenters. The van der Waals surface area contributed by atoms with E-state index in [-0.39, 0.29) is 0 Å². The Labute approximate surface area is 82.9 Å². The first-order valence-corrected chi connectivity index (χ1v) is 5.64. The van der Waals surface area contributed by atoms with Gasteiger partial charge < -0.3 is 5.11 Å². The van der Waals surface area contributed by atoms with Gasteiger partial charge in [0.25, 0.3) is 0 Å². The van der Waals surface area contributed by atoms with E-state index in [0.717, 1.165) is 19.5 Å². The van der Waals surface area contributed by atoms with Gasteiger partial charge in [-0.3, -0.25) is 4.90 Å². The molecule has 0 aromatic carbocycles. The Morgan fingerprint density at radius 1 is 1.15 bits per heavy atom. The number of hydrogen-bond donors (Lipinski definition) is 1. The van der Waals surface area contributed by atoms with Crippen LogP contribution in [0.25, 0.3) is 0 Å². The van der Waals surface area contributed by atoms with E-state index in [0.29, 0.717) is 12.6 Å². The lowest BCUT2D eigenvalue weighted by Gasteiger charge is -2.28. The topological polar surface area (TPSA) is 23.5 Å². The summed E-state index contributed by atoms with van der Waals surface area (Å²) in [5.41, 5.74) is 0. The zero-order valence-corrected chi connectivity index (χ0v) is 9.42. The predicted molar refractivity (Wildman–Crippen MR) is 57.9 cm³/mol. The van der Waals surface area contributed by atoms with E-state index in [2.05, 4.69) is 25.7 Å². The van der Waals surface area contributed by atoms with Gasteiger partial charge in [-0.05, 0) is 25.9 Å². The van der Waals surface area contributed by atoms with Crippen molar-refractivity contribution in [1.82, 2.24) is 4.90 Å². The Morgan fingerprint density at radius 2 is 1.85 bits per heavy atom. The number of aliphatic hydroxyl groups is 1. The molecule has 0 aromatic rings. The molecule has 0 aliphatic rings. The minimum absolute atomic E-state index is 0.313. The number of unbranched alkanes of at least 4 members (excludes halogenated alkanes) is 1. The van der Waals surface area contributed by atoms with E-state index in [4.69, 9.17) is 0 Å². The summed E-state index contributed by atoms with van der Waals surface area (Å²) in [5.74, 6) is 0. The van der Waals surface area contributed by atoms with Gasteiger partial charge in [0.05, 0.1) is 6.61 Å². The molecule has 0 saturated carbocycles. The third-order valence-corrected chi connectivity index (χ3v) is 2.54. The molecule has 0 rings (SSSR count). The highest BCUT2D eigenvalue weighted by Crippen LogP contribution is 2.08. The maximum absolute atomic E-state index is 9.24. The lowest BCUT2D eigenvalue weighted by atomic mass is 10.1. The van der Waals surface area contributed by atoms with Crippen molar-refractivity contribution >= 4 is 0 Å². The zero-order valence-electron chi connectivity index (χ0n) is 9.42. The second-order valence-electron chi connectivity index (χ2n) is 3.61. The summed E-state index contributed by atoms with van der Waals surface area (Å²) in [6, 6.07) is 0.393. The average molecular weight is 187 g/mol. The highest BCUT2D eigenvalue weighted by atomic mass is 16.3. The van der Waals surface area contributed by atoms with Crippen LogP contribution in [0.4, 0.5) is 0 Å². The largest absolute Gasteiger partial charge is 0.395 e. The highest BCUT2D eigenvalue weighted by molar-refractivity contribution is 4.69. The molecule has 0 bridgehead atoms. The van der Waals surface area contributed by atoms with Gasteiger partial charge in [-0.1, -0.05) is 33.6 Å². The summed E-state index contributed by atoms with van der Waals surface area (Å²) < 4.78 is 0. The van der Waals surface area contributed by atoms with Gasteiger partial charge in [0, 0.05) is 6.04 Å². The van der Waals surface area contributed by atoms with Crippen molar-refractivity contribution in [1.29, 1.82) is 0 Å². The van der Waals surface area contributed by atoms with Crippen LogP contribution in [0.15, 0.2) is 0 Å². The van der Waals surface area contributed by atoms with Crippen LogP contribution in [-0.4, -0.2) is 35.7 Å². The summed E-state index contributed by atoms with van der Waals surface area (Å²) >= 11 is 0. The molecule has 1 unspecified atom stereocenters. The third kappa shape index (κ3) is 5.27. The van der Waals surface area contributed by atoms with Crippen molar-refractivity contribution in [3.63, 3.8) is 0 Å². The van der Waals surface area contributed by atoms with Crippen LogP contribution >= 0.6 is 0 Å². The van der Waals surface area contributed by atoms with Gasteiger partial charge >= 0.3 is 0 Å². The Kier molecular flexibility index (Phi) is 8.46. The fourth-order valence-electron chi connectivity index (χ4n) is 1.72. The molecule has 0 fully saturated rings. The molecule has 0 radical (unpaired) electrons. The first kappa shape index (κ1) is 12.9. The summed E-state index contributed by atoms with van der Waals surface area (Å²) in [5, 5.41) is 9.24. The van der Waals surface area contributed by atoms with E-state index >= 15 is 0 Å². The standard InChI is InChI=1S/C11H25NO/c1-4-7-8-11(10-13)12(6-3)9-5-2/h11,13H,4-10H2,1-3H3. The van der Waals surface area contributed by atoms with E-state index in [1.165, 1.54) is 19.3 Å². The van der Waals surface area contributed by atoms with Crippen LogP contribution in [0.2, 0.25) is 0 Å². The summed E-state index contributed by atoms with van der Waals surface area (Å²) in [6.45, 7) is 9.05. The van der Waals surface area contributed by atoms with Crippen LogP contribution in [0, 0.1) is 0 Å². The van der Waals surface area contributed by atoms with Crippen molar-refractivity contribution in [2.75, 3.05) is 19.7 Å². The second-order valence-corrected chi connectivity index (χ2v) is 3.61. The second kappa shape index (κ2) is 8.52. The molecule has 1 N–H and O–H groups in total. The van der Waals surface area contributed by atoms with E-state index in [1.54, 1.807) is 0 Å².